The lowest BCUT2D eigenvalue weighted by atomic mass is 9.79. The van der Waals surface area contributed by atoms with Crippen LogP contribution in [0.3, 0.4) is 0 Å². The maximum absolute atomic E-state index is 5.97. The molecule has 0 spiro atoms. The van der Waals surface area contributed by atoms with Gasteiger partial charge >= 0.3 is 8.80 Å². The van der Waals surface area contributed by atoms with Crippen LogP contribution in [-0.2, 0) is 13.3 Å². The number of fused-ring (bicyclic) bond motifs is 2. The Morgan fingerprint density at radius 1 is 1.09 bits per heavy atom. The largest absolute Gasteiger partial charge is 0.501 e. The summed E-state index contributed by atoms with van der Waals surface area (Å²) in [7, 11) is -2.51. The molecule has 0 aromatic carbocycles. The van der Waals surface area contributed by atoms with Crippen LogP contribution in [-0.4, -0.2) is 33.5 Å². The van der Waals surface area contributed by atoms with Crippen molar-refractivity contribution in [2.24, 2.45) is 5.41 Å². The lowest BCUT2D eigenvalue weighted by molar-refractivity contribution is 0.0713. The van der Waals surface area contributed by atoms with E-state index in [0.29, 0.717) is 25.2 Å². The molecule has 0 saturated heterocycles. The summed E-state index contributed by atoms with van der Waals surface area (Å²) in [6, 6.07) is 0.897. The molecule has 0 aromatic heterocycles. The van der Waals surface area contributed by atoms with Crippen LogP contribution in [0.15, 0.2) is 11.1 Å². The van der Waals surface area contributed by atoms with Gasteiger partial charge in [0.05, 0.1) is 0 Å². The molecule has 2 bridgehead atoms. The number of rotatable bonds is 10. The summed E-state index contributed by atoms with van der Waals surface area (Å²) in [5, 5.41) is 0. The average molecular weight is 343 g/mol. The van der Waals surface area contributed by atoms with Crippen molar-refractivity contribution in [3.63, 3.8) is 0 Å². The van der Waals surface area contributed by atoms with E-state index in [1.54, 1.807) is 11.1 Å². The molecule has 2 aliphatic rings. The van der Waals surface area contributed by atoms with Crippen molar-refractivity contribution in [1.82, 2.24) is 0 Å². The van der Waals surface area contributed by atoms with Gasteiger partial charge in [0, 0.05) is 31.3 Å². The van der Waals surface area contributed by atoms with Gasteiger partial charge in [0.2, 0.25) is 0 Å². The van der Waals surface area contributed by atoms with Crippen molar-refractivity contribution < 1.29 is 13.3 Å². The van der Waals surface area contributed by atoms with E-state index in [-0.39, 0.29) is 0 Å². The molecule has 5 heteroatoms. The first-order valence-electron chi connectivity index (χ1n) is 8.63. The highest BCUT2D eigenvalue weighted by Crippen LogP contribution is 2.55. The molecule has 0 aliphatic heterocycles. The first kappa shape index (κ1) is 18.3. The lowest BCUT2D eigenvalue weighted by Crippen LogP contribution is -2.46. The third-order valence-corrected chi connectivity index (χ3v) is 8.56. The molecule has 3 nitrogen and oxygen atoms in total. The third kappa shape index (κ3) is 3.70. The molecular weight excluding hydrogens is 312 g/mol. The third-order valence-electron chi connectivity index (χ3n) is 5.08. The summed E-state index contributed by atoms with van der Waals surface area (Å²) in [4.78, 5) is 1.19. The molecule has 2 aliphatic carbocycles. The van der Waals surface area contributed by atoms with E-state index in [1.807, 2.05) is 20.8 Å². The van der Waals surface area contributed by atoms with Crippen molar-refractivity contribution in [2.75, 3.05) is 19.8 Å². The fourth-order valence-electron chi connectivity index (χ4n) is 3.96. The smallest absolute Gasteiger partial charge is 0.374 e. The Kier molecular flexibility index (Phi) is 6.36. The van der Waals surface area contributed by atoms with Gasteiger partial charge in [-0.2, -0.15) is 0 Å². The highest BCUT2D eigenvalue weighted by atomic mass is 32.1. The molecule has 0 aromatic rings. The number of hydrogen-bond acceptors (Lipinski definition) is 4. The molecule has 1 unspecified atom stereocenters. The normalized spacial score (nSPS) is 24.4. The van der Waals surface area contributed by atoms with Crippen LogP contribution in [0.5, 0.6) is 0 Å². The fourth-order valence-corrected chi connectivity index (χ4v) is 6.81. The molecule has 2 rings (SSSR count). The molecule has 22 heavy (non-hydrogen) atoms. The Morgan fingerprint density at radius 3 is 2.14 bits per heavy atom. The number of thiocarbonyl (C=S) groups is 1. The molecule has 0 N–H and O–H groups in total. The second-order valence-electron chi connectivity index (χ2n) is 6.38. The number of allylic oxidation sites excluding steroid dienone is 2. The minimum atomic E-state index is -2.51. The van der Waals surface area contributed by atoms with Crippen molar-refractivity contribution in [1.29, 1.82) is 0 Å². The van der Waals surface area contributed by atoms with Gasteiger partial charge in [0.1, 0.15) is 0 Å². The topological polar surface area (TPSA) is 27.7 Å². The van der Waals surface area contributed by atoms with E-state index in [4.69, 9.17) is 25.5 Å². The van der Waals surface area contributed by atoms with E-state index in [0.717, 1.165) is 18.9 Å². The van der Waals surface area contributed by atoms with E-state index in [1.165, 1.54) is 24.1 Å². The van der Waals surface area contributed by atoms with Crippen LogP contribution in [0.1, 0.15) is 59.8 Å². The summed E-state index contributed by atoms with van der Waals surface area (Å²) in [6.45, 7) is 10.1. The van der Waals surface area contributed by atoms with Crippen molar-refractivity contribution in [3.05, 3.63) is 11.1 Å². The monoisotopic (exact) mass is 342 g/mol. The fraction of sp³-hybridized carbons (Fsp3) is 0.824. The summed E-state index contributed by atoms with van der Waals surface area (Å²) < 4.78 is 17.9. The van der Waals surface area contributed by atoms with Crippen molar-refractivity contribution >= 4 is 25.9 Å². The van der Waals surface area contributed by atoms with Crippen LogP contribution in [0.4, 0.5) is 0 Å². The van der Waals surface area contributed by atoms with E-state index >= 15 is 0 Å². The van der Waals surface area contributed by atoms with Crippen LogP contribution in [0, 0.1) is 5.41 Å². The Labute approximate surface area is 141 Å². The molecule has 0 heterocycles. The van der Waals surface area contributed by atoms with Gasteiger partial charge in [-0.1, -0.05) is 23.4 Å². The van der Waals surface area contributed by atoms with E-state index in [9.17, 15) is 0 Å². The van der Waals surface area contributed by atoms with Gasteiger partial charge < -0.3 is 13.3 Å². The molecule has 1 fully saturated rings. The Balaban J connectivity index is 2.03. The molecule has 126 valence electrons. The second-order valence-corrected chi connectivity index (χ2v) is 9.72. The van der Waals surface area contributed by atoms with Gasteiger partial charge in [-0.15, -0.1) is 0 Å². The van der Waals surface area contributed by atoms with Crippen LogP contribution < -0.4 is 0 Å². The SMILES string of the molecule is CCO[Si](CCC1=C2CCC(C(C)=S)(C2)C1)(OCC)OCC. The zero-order chi connectivity index (χ0) is 16.2. The highest BCUT2D eigenvalue weighted by Gasteiger charge is 2.46. The van der Waals surface area contributed by atoms with Gasteiger partial charge in [-0.3, -0.25) is 0 Å². The zero-order valence-corrected chi connectivity index (χ0v) is 16.3. The van der Waals surface area contributed by atoms with Gasteiger partial charge in [0.15, 0.2) is 0 Å². The summed E-state index contributed by atoms with van der Waals surface area (Å²) in [5.74, 6) is 0. The maximum Gasteiger partial charge on any atom is 0.501 e. The molecular formula is C17H30O3SSi. The molecule has 0 amide bonds. The van der Waals surface area contributed by atoms with Crippen LogP contribution >= 0.6 is 12.2 Å². The quantitative estimate of drug-likeness (QED) is 0.327. The second kappa shape index (κ2) is 7.66. The van der Waals surface area contributed by atoms with Crippen molar-refractivity contribution in [2.45, 2.75) is 65.8 Å². The first-order valence-corrected chi connectivity index (χ1v) is 11.0. The maximum atomic E-state index is 5.97. The minimum Gasteiger partial charge on any atom is -0.374 e. The van der Waals surface area contributed by atoms with Gasteiger partial charge in [-0.25, -0.2) is 0 Å². The van der Waals surface area contributed by atoms with Crippen molar-refractivity contribution in [3.8, 4) is 0 Å². The Hall–Kier alpha value is -0.0731. The summed E-state index contributed by atoms with van der Waals surface area (Å²) in [6.07, 6.45) is 5.89. The Morgan fingerprint density at radius 2 is 1.68 bits per heavy atom. The average Bonchev–Trinajstić information content (AvgIpc) is 3.06. The molecule has 1 saturated carbocycles. The van der Waals surface area contributed by atoms with E-state index in [2.05, 4.69) is 6.92 Å². The molecule has 1 atom stereocenters. The minimum absolute atomic E-state index is 0.299. The molecule has 0 radical (unpaired) electrons. The zero-order valence-electron chi connectivity index (χ0n) is 14.5. The predicted molar refractivity (Wildman–Crippen MR) is 96.3 cm³/mol. The van der Waals surface area contributed by atoms with Gasteiger partial charge in [-0.05, 0) is 64.7 Å². The van der Waals surface area contributed by atoms with Crippen LogP contribution in [0.2, 0.25) is 6.04 Å². The van der Waals surface area contributed by atoms with Gasteiger partial charge in [0.25, 0.3) is 0 Å². The van der Waals surface area contributed by atoms with Crippen LogP contribution in [0.25, 0.3) is 0 Å². The Bertz CT molecular complexity index is 432. The lowest BCUT2D eigenvalue weighted by Gasteiger charge is -2.30. The summed E-state index contributed by atoms with van der Waals surface area (Å²) in [5.41, 5.74) is 3.55. The predicted octanol–water partition coefficient (Wildman–Crippen LogP) is 4.69. The first-order chi connectivity index (χ1) is 10.5. The number of hydrogen-bond donors (Lipinski definition) is 0. The standard InChI is InChI=1S/C17H30O3SSi/c1-5-18-22(19-6-2,20-7-3)11-9-16-13-17(14(4)21)10-8-15(16)12-17/h5-13H2,1-4H3. The van der Waals surface area contributed by atoms with E-state index < -0.39 is 8.80 Å². The summed E-state index contributed by atoms with van der Waals surface area (Å²) >= 11 is 5.54. The highest BCUT2D eigenvalue weighted by molar-refractivity contribution is 7.80.